The van der Waals surface area contributed by atoms with Gasteiger partial charge in [-0.2, -0.15) is 0 Å². The topological polar surface area (TPSA) is 64.4 Å². The van der Waals surface area contributed by atoms with Gasteiger partial charge in [0, 0.05) is 24.9 Å². The largest absolute Gasteiger partial charge is 0.574 e. The molecule has 1 aromatic rings. The van der Waals surface area contributed by atoms with E-state index in [1.165, 1.54) is 0 Å². The molecule has 1 aliphatic rings. The summed E-state index contributed by atoms with van der Waals surface area (Å²) >= 11 is 0. The number of hydrogen-bond donors (Lipinski definition) is 1. The molecule has 0 bridgehead atoms. The van der Waals surface area contributed by atoms with Crippen LogP contribution in [0, 0.1) is 12.8 Å². The lowest BCUT2D eigenvalue weighted by Crippen LogP contribution is -2.38. The van der Waals surface area contributed by atoms with Crippen LogP contribution in [-0.4, -0.2) is 33.1 Å². The summed E-state index contributed by atoms with van der Waals surface area (Å²) in [4.78, 5) is 11.1. The second-order valence-electron chi connectivity index (χ2n) is 4.94. The molecular formula is C11H11F5N2O3. The van der Waals surface area contributed by atoms with Crippen LogP contribution in [0.5, 0.6) is 5.88 Å². The average molecular weight is 314 g/mol. The van der Waals surface area contributed by atoms with Gasteiger partial charge in [-0.3, -0.25) is 4.68 Å². The van der Waals surface area contributed by atoms with Crippen molar-refractivity contribution in [3.05, 3.63) is 11.3 Å². The predicted octanol–water partition coefficient (Wildman–Crippen LogP) is 2.83. The van der Waals surface area contributed by atoms with Gasteiger partial charge in [0.25, 0.3) is 0 Å². The standard InChI is InChI=1S/C11H11F5N2O3/c1-5-7(9(19)20)18(4-6-2-10(12,13)3-6)17-8(5)21-11(14,15)16/h6H,2-4H2,1H3,(H,19,20). The molecule has 5 nitrogen and oxygen atoms in total. The van der Waals surface area contributed by atoms with Crippen LogP contribution >= 0.6 is 0 Å². The fourth-order valence-electron chi connectivity index (χ4n) is 2.30. The third-order valence-corrected chi connectivity index (χ3v) is 3.17. The molecule has 1 aromatic heterocycles. The van der Waals surface area contributed by atoms with Crippen LogP contribution in [0.25, 0.3) is 0 Å². The first kappa shape index (κ1) is 15.5. The molecule has 0 atom stereocenters. The van der Waals surface area contributed by atoms with Crippen LogP contribution in [0.1, 0.15) is 28.9 Å². The Bertz CT molecular complexity index is 559. The lowest BCUT2D eigenvalue weighted by molar-refractivity contribution is -0.276. The molecule has 1 saturated carbocycles. The zero-order valence-electron chi connectivity index (χ0n) is 10.7. The van der Waals surface area contributed by atoms with Gasteiger partial charge in [-0.05, 0) is 12.8 Å². The normalized spacial score (nSPS) is 18.4. The van der Waals surface area contributed by atoms with E-state index in [9.17, 15) is 26.7 Å². The summed E-state index contributed by atoms with van der Waals surface area (Å²) in [5.74, 6) is -5.72. The van der Waals surface area contributed by atoms with E-state index in [2.05, 4.69) is 9.84 Å². The maximum Gasteiger partial charge on any atom is 0.574 e. The highest BCUT2D eigenvalue weighted by Crippen LogP contribution is 2.43. The number of hydrogen-bond acceptors (Lipinski definition) is 3. The van der Waals surface area contributed by atoms with Gasteiger partial charge in [-0.1, -0.05) is 0 Å². The van der Waals surface area contributed by atoms with Crippen LogP contribution in [0.4, 0.5) is 22.0 Å². The fourth-order valence-corrected chi connectivity index (χ4v) is 2.30. The summed E-state index contributed by atoms with van der Waals surface area (Å²) in [5, 5.41) is 12.5. The van der Waals surface area contributed by atoms with Crippen LogP contribution in [0.3, 0.4) is 0 Å². The first-order chi connectivity index (χ1) is 9.48. The lowest BCUT2D eigenvalue weighted by Gasteiger charge is -2.34. The highest BCUT2D eigenvalue weighted by Gasteiger charge is 2.46. The van der Waals surface area contributed by atoms with Crippen molar-refractivity contribution in [3.63, 3.8) is 0 Å². The summed E-state index contributed by atoms with van der Waals surface area (Å²) in [7, 11) is 0. The Morgan fingerprint density at radius 1 is 1.48 bits per heavy atom. The van der Waals surface area contributed by atoms with Crippen molar-refractivity contribution < 1.29 is 36.6 Å². The second-order valence-corrected chi connectivity index (χ2v) is 4.94. The first-order valence-electron chi connectivity index (χ1n) is 5.93. The highest BCUT2D eigenvalue weighted by molar-refractivity contribution is 5.88. The molecular weight excluding hydrogens is 303 g/mol. The quantitative estimate of drug-likeness (QED) is 0.868. The maximum absolute atomic E-state index is 12.7. The summed E-state index contributed by atoms with van der Waals surface area (Å²) in [5.41, 5.74) is -0.796. The van der Waals surface area contributed by atoms with Gasteiger partial charge in [0.15, 0.2) is 5.69 Å². The Hall–Kier alpha value is -1.87. The number of ether oxygens (including phenoxy) is 1. The van der Waals surface area contributed by atoms with Crippen molar-refractivity contribution >= 4 is 5.97 Å². The van der Waals surface area contributed by atoms with Crippen molar-refractivity contribution in [2.75, 3.05) is 0 Å². The lowest BCUT2D eigenvalue weighted by atomic mass is 9.81. The smallest absolute Gasteiger partial charge is 0.477 e. The highest BCUT2D eigenvalue weighted by atomic mass is 19.4. The van der Waals surface area contributed by atoms with Crippen molar-refractivity contribution in [2.24, 2.45) is 5.92 Å². The fraction of sp³-hybridized carbons (Fsp3) is 0.636. The van der Waals surface area contributed by atoms with Crippen molar-refractivity contribution in [1.82, 2.24) is 9.78 Å². The Labute approximate surface area is 115 Å². The van der Waals surface area contributed by atoms with E-state index in [0.717, 1.165) is 11.6 Å². The minimum Gasteiger partial charge on any atom is -0.477 e. The molecule has 1 heterocycles. The number of halogens is 5. The van der Waals surface area contributed by atoms with Crippen molar-refractivity contribution in [2.45, 2.75) is 38.6 Å². The van der Waals surface area contributed by atoms with Gasteiger partial charge in [-0.25, -0.2) is 13.6 Å². The summed E-state index contributed by atoms with van der Waals surface area (Å²) < 4.78 is 66.4. The van der Waals surface area contributed by atoms with E-state index in [1.807, 2.05) is 0 Å². The SMILES string of the molecule is Cc1c(OC(F)(F)F)nn(CC2CC(F)(F)C2)c1C(=O)O. The minimum atomic E-state index is -5.01. The average Bonchev–Trinajstić information content (AvgIpc) is 2.50. The maximum atomic E-state index is 12.7. The molecule has 0 unspecified atom stereocenters. The molecule has 0 saturated heterocycles. The van der Waals surface area contributed by atoms with Gasteiger partial charge in [0.2, 0.25) is 11.8 Å². The monoisotopic (exact) mass is 314 g/mol. The zero-order valence-corrected chi connectivity index (χ0v) is 10.7. The Balaban J connectivity index is 2.23. The molecule has 1 aliphatic carbocycles. The zero-order chi connectivity index (χ0) is 16.0. The predicted molar refractivity (Wildman–Crippen MR) is 58.3 cm³/mol. The second kappa shape index (κ2) is 4.85. The van der Waals surface area contributed by atoms with E-state index in [-0.39, 0.29) is 12.1 Å². The van der Waals surface area contributed by atoms with Crippen molar-refractivity contribution in [3.8, 4) is 5.88 Å². The number of carboxylic acid groups (broad SMARTS) is 1. The van der Waals surface area contributed by atoms with Gasteiger partial charge < -0.3 is 9.84 Å². The number of carbonyl (C=O) groups is 1. The van der Waals surface area contributed by atoms with E-state index in [4.69, 9.17) is 5.11 Å². The van der Waals surface area contributed by atoms with E-state index in [1.54, 1.807) is 0 Å². The van der Waals surface area contributed by atoms with Crippen LogP contribution < -0.4 is 4.74 Å². The molecule has 0 aliphatic heterocycles. The molecule has 10 heteroatoms. The van der Waals surface area contributed by atoms with Gasteiger partial charge in [0.05, 0.1) is 0 Å². The number of aromatic nitrogens is 2. The van der Waals surface area contributed by atoms with E-state index >= 15 is 0 Å². The van der Waals surface area contributed by atoms with Crippen LogP contribution in [0.2, 0.25) is 0 Å². The number of aromatic carboxylic acids is 1. The van der Waals surface area contributed by atoms with Crippen LogP contribution in [-0.2, 0) is 6.54 Å². The molecule has 0 amide bonds. The molecule has 118 valence electrons. The molecule has 0 spiro atoms. The van der Waals surface area contributed by atoms with Crippen LogP contribution in [0.15, 0.2) is 0 Å². The third-order valence-electron chi connectivity index (χ3n) is 3.17. The molecule has 0 radical (unpaired) electrons. The van der Waals surface area contributed by atoms with Crippen molar-refractivity contribution in [1.29, 1.82) is 0 Å². The summed E-state index contributed by atoms with van der Waals surface area (Å²) in [6.45, 7) is 0.919. The number of nitrogens with zero attached hydrogens (tertiary/aromatic N) is 2. The van der Waals surface area contributed by atoms with Gasteiger partial charge >= 0.3 is 12.3 Å². The van der Waals surface area contributed by atoms with E-state index in [0.29, 0.717) is 0 Å². The Kier molecular flexibility index (Phi) is 3.58. The molecule has 1 N–H and O–H groups in total. The minimum absolute atomic E-state index is 0.195. The van der Waals surface area contributed by atoms with Gasteiger partial charge in [0.1, 0.15) is 0 Å². The van der Waals surface area contributed by atoms with Gasteiger partial charge in [-0.15, -0.1) is 18.3 Å². The summed E-state index contributed by atoms with van der Waals surface area (Å²) in [6, 6.07) is 0. The molecule has 21 heavy (non-hydrogen) atoms. The molecule has 1 fully saturated rings. The molecule has 0 aromatic carbocycles. The Morgan fingerprint density at radius 2 is 2.05 bits per heavy atom. The summed E-state index contributed by atoms with van der Waals surface area (Å²) in [6.07, 6.45) is -5.90. The molecule has 2 rings (SSSR count). The first-order valence-corrected chi connectivity index (χ1v) is 5.93. The number of carboxylic acids is 1. The Morgan fingerprint density at radius 3 is 2.48 bits per heavy atom. The number of rotatable bonds is 4. The third kappa shape index (κ3) is 3.42. The number of alkyl halides is 5. The van der Waals surface area contributed by atoms with E-state index < -0.39 is 48.6 Å².